The molecule has 16 aromatic rings. The molecule has 1 fully saturated rings. The van der Waals surface area contributed by atoms with Gasteiger partial charge in [0.1, 0.15) is 39.8 Å². The molecule has 8 aromatic heterocycles. The molecule has 3 amide bonds. The van der Waals surface area contributed by atoms with Crippen LogP contribution in [0.4, 0.5) is 11.4 Å². The molecule has 3 aliphatic heterocycles. The van der Waals surface area contributed by atoms with Gasteiger partial charge in [0.2, 0.25) is 0 Å². The maximum absolute atomic E-state index is 15.0. The van der Waals surface area contributed by atoms with Gasteiger partial charge in [-0.1, -0.05) is 87.8 Å². The van der Waals surface area contributed by atoms with Crippen molar-refractivity contribution in [1.29, 1.82) is 0 Å². The standard InChI is InChI=1S/2C38H38Cl2N6O4.C37H44Cl2N4O4/c1-20-15-25(16-21(2)34(20)40)50-14-7-9-26-27-10-11-30(39)33(32-22(3)42-43(5)23(32)4)35(27)46-13-8-12-45(37(47)36(26)46)24-17-28(38(48)49)29-19-41-44(6)31(29)18-24;1-20-15-25(16-21(2)33(20)40)50-14-7-9-26-27-10-11-28(39)32(31-22(3)42-44(6)23(31)4)35(27)46-13-8-12-45(37(47)36(26)46)30-18-24(38(48)49)17-29-34(30)41-19-43(29)5;1-21-18-27(19-22(2)33(21)39)47-17-6-8-28-29-13-14-30(38)32(31-23(3)40-41(5)24(31)4)34(29)43-16-7-15-42(36(44)35(28)43)20-25-9-11-26(12-10-25)37(45)46/h2*10-11,15-19H,7-9,12-14H2,1-6H3,(H,48,49);13-14,18-19,25-26H,6-12,15-17,20H2,1-5H3,(H,45,46). The number of hydrogen-bond acceptors (Lipinski definition) is 14. The van der Waals surface area contributed by atoms with E-state index >= 15 is 4.79 Å². The van der Waals surface area contributed by atoms with Gasteiger partial charge in [-0.25, -0.2) is 14.6 Å². The van der Waals surface area contributed by atoms with Gasteiger partial charge in [-0.15, -0.1) is 0 Å². The number of amides is 3. The largest absolute Gasteiger partial charge is 0.494 e. The maximum atomic E-state index is 15.0. The summed E-state index contributed by atoms with van der Waals surface area (Å²) in [4.78, 5) is 90.7. The molecular formula is C113H120Cl6N16O12. The molecule has 4 aliphatic rings. The lowest BCUT2D eigenvalue weighted by Crippen LogP contribution is -2.37. The average molecular weight is 2110 g/mol. The SMILES string of the molecule is Cc1cc(OCCCc2c3n(c4c(-c5c(C)nn(C)c5C)c(Cl)ccc24)CCCN(CC2CCC(C(=O)O)CC2)C3=O)cc(C)c1Cl.Cc1cc(OCCCc2c3n(c4c(-c5c(C)nn(C)c5C)c(Cl)ccc24)CCCN(c2cc(C(=O)O)c4cnn(C)c4c2)C3=O)cc(C)c1Cl.Cc1cc(OCCCc2c3n(c4c(-c5c(C)nn(C)c5C)c(Cl)ccc24)CCCN(c2cc(C(=O)O)cc4c2ncn4C)C3=O)cc(C)c1Cl. The van der Waals surface area contributed by atoms with Gasteiger partial charge < -0.3 is 62.5 Å². The third kappa shape index (κ3) is 19.6. The van der Waals surface area contributed by atoms with E-state index < -0.39 is 17.9 Å². The summed E-state index contributed by atoms with van der Waals surface area (Å²) < 4.78 is 34.0. The number of aromatic nitrogens is 13. The minimum absolute atomic E-state index is 0.0423. The molecule has 8 aromatic carbocycles. The molecule has 1 saturated carbocycles. The van der Waals surface area contributed by atoms with E-state index in [4.69, 9.17) is 94.0 Å². The van der Waals surface area contributed by atoms with Crippen LogP contribution >= 0.6 is 69.6 Å². The number of benzene rings is 8. The highest BCUT2D eigenvalue weighted by Gasteiger charge is 2.40. The molecule has 28 nitrogen and oxygen atoms in total. The highest BCUT2D eigenvalue weighted by Crippen LogP contribution is 2.50. The topological polar surface area (TPSA) is 304 Å². The maximum Gasteiger partial charge on any atom is 0.336 e. The van der Waals surface area contributed by atoms with E-state index in [0.29, 0.717) is 189 Å². The molecule has 11 heterocycles. The van der Waals surface area contributed by atoms with Crippen LogP contribution in [0.3, 0.4) is 0 Å². The Morgan fingerprint density at radius 2 is 0.803 bits per heavy atom. The lowest BCUT2D eigenvalue weighted by atomic mass is 9.82. The van der Waals surface area contributed by atoms with Crippen LogP contribution in [0, 0.1) is 94.9 Å². The zero-order valence-electron chi connectivity index (χ0n) is 85.7. The number of hydrogen-bond donors (Lipinski definition) is 3. The molecule has 1 aliphatic carbocycles. The fraction of sp³-hybridized carbons (Fsp3) is 0.372. The lowest BCUT2D eigenvalue weighted by Gasteiger charge is -2.31. The van der Waals surface area contributed by atoms with Gasteiger partial charge in [-0.2, -0.15) is 20.4 Å². The molecule has 0 atom stereocenters. The quantitative estimate of drug-likeness (QED) is 0.0448. The number of aliphatic carboxylic acids is 1. The van der Waals surface area contributed by atoms with Gasteiger partial charge in [-0.3, -0.25) is 37.9 Å². The van der Waals surface area contributed by atoms with Crippen molar-refractivity contribution in [2.45, 2.75) is 186 Å². The summed E-state index contributed by atoms with van der Waals surface area (Å²) >= 11 is 40.3. The molecule has 0 bridgehead atoms. The molecular weight excluding hydrogens is 1990 g/mol. The van der Waals surface area contributed by atoms with E-state index in [1.807, 2.05) is 196 Å². The number of aromatic carboxylic acids is 2. The molecule has 34 heteroatoms. The smallest absolute Gasteiger partial charge is 0.336 e. The Kier molecular flexibility index (Phi) is 29.9. The van der Waals surface area contributed by atoms with Crippen LogP contribution in [0.1, 0.15) is 201 Å². The van der Waals surface area contributed by atoms with E-state index in [9.17, 15) is 39.3 Å². The number of carbonyl (C=O) groups is 6. The molecule has 0 saturated heterocycles. The number of carboxylic acids is 3. The summed E-state index contributed by atoms with van der Waals surface area (Å²) in [6.45, 7) is 29.2. The van der Waals surface area contributed by atoms with Crippen molar-refractivity contribution in [3.8, 4) is 50.6 Å². The first kappa shape index (κ1) is 104. The van der Waals surface area contributed by atoms with Crippen LogP contribution in [-0.2, 0) is 78.9 Å². The first-order valence-corrected chi connectivity index (χ1v) is 52.2. The zero-order chi connectivity index (χ0) is 105. The Hall–Kier alpha value is -13.1. The minimum Gasteiger partial charge on any atom is -0.494 e. The van der Waals surface area contributed by atoms with Crippen LogP contribution in [0.2, 0.25) is 30.1 Å². The van der Waals surface area contributed by atoms with Gasteiger partial charge in [0.05, 0.1) is 115 Å². The van der Waals surface area contributed by atoms with Crippen LogP contribution in [0.25, 0.3) is 88.0 Å². The Labute approximate surface area is 882 Å². The summed E-state index contributed by atoms with van der Waals surface area (Å²) in [6.07, 6.45) is 12.1. The number of anilines is 2. The van der Waals surface area contributed by atoms with Gasteiger partial charge in [-0.05, 0) is 301 Å². The molecule has 0 radical (unpaired) electrons. The Bertz CT molecular complexity index is 7980. The van der Waals surface area contributed by atoms with E-state index in [0.717, 1.165) is 214 Å². The number of imidazole rings is 1. The first-order valence-electron chi connectivity index (χ1n) is 49.9. The lowest BCUT2D eigenvalue weighted by molar-refractivity contribution is -0.143. The van der Waals surface area contributed by atoms with Gasteiger partial charge in [0, 0.05) is 174 Å². The molecule has 0 spiro atoms. The van der Waals surface area contributed by atoms with Gasteiger partial charge in [0.15, 0.2) is 0 Å². The number of rotatable bonds is 25. The van der Waals surface area contributed by atoms with Crippen LogP contribution in [0.15, 0.2) is 110 Å². The van der Waals surface area contributed by atoms with Crippen molar-refractivity contribution in [2.75, 3.05) is 55.8 Å². The Morgan fingerprint density at radius 3 is 1.18 bits per heavy atom. The number of nitrogens with zero attached hydrogens (tertiary/aromatic N) is 16. The number of fused-ring (bicyclic) bond motifs is 11. The number of carboxylic acid groups (broad SMARTS) is 3. The average Bonchev–Trinajstić information content (AvgIpc) is 1.57. The second-order valence-corrected chi connectivity index (χ2v) is 42.0. The molecule has 3 N–H and O–H groups in total. The van der Waals surface area contributed by atoms with Crippen molar-refractivity contribution >= 4 is 171 Å². The van der Waals surface area contributed by atoms with E-state index in [2.05, 4.69) is 41.9 Å². The van der Waals surface area contributed by atoms with Crippen molar-refractivity contribution in [3.63, 3.8) is 0 Å². The van der Waals surface area contributed by atoms with E-state index in [1.165, 1.54) is 0 Å². The number of ether oxygens (including phenoxy) is 3. The molecule has 766 valence electrons. The van der Waals surface area contributed by atoms with Crippen LogP contribution < -0.4 is 24.0 Å². The molecule has 0 unspecified atom stereocenters. The van der Waals surface area contributed by atoms with Crippen LogP contribution in [0.5, 0.6) is 17.2 Å². The predicted molar refractivity (Wildman–Crippen MR) is 582 cm³/mol. The second-order valence-electron chi connectivity index (χ2n) is 39.7. The van der Waals surface area contributed by atoms with E-state index in [-0.39, 0.29) is 34.8 Å². The van der Waals surface area contributed by atoms with Crippen molar-refractivity contribution in [3.05, 3.63) is 252 Å². The summed E-state index contributed by atoms with van der Waals surface area (Å²) in [7, 11) is 9.35. The third-order valence-electron chi connectivity index (χ3n) is 30.0. The Morgan fingerprint density at radius 1 is 0.415 bits per heavy atom. The van der Waals surface area contributed by atoms with Crippen molar-refractivity contribution < 1.29 is 58.3 Å². The summed E-state index contributed by atoms with van der Waals surface area (Å²) in [5.74, 6) is -0.888. The zero-order valence-corrected chi connectivity index (χ0v) is 90.3. The third-order valence-corrected chi connectivity index (χ3v) is 32.7. The minimum atomic E-state index is -1.07. The summed E-state index contributed by atoms with van der Waals surface area (Å²) in [5.41, 5.74) is 27.4. The highest BCUT2D eigenvalue weighted by atomic mass is 35.5. The van der Waals surface area contributed by atoms with Crippen molar-refractivity contribution in [2.24, 2.45) is 47.1 Å². The van der Waals surface area contributed by atoms with Crippen LogP contribution in [-0.4, -0.2) is 164 Å². The number of carbonyl (C=O) groups excluding carboxylic acids is 3. The molecule has 147 heavy (non-hydrogen) atoms. The second kappa shape index (κ2) is 42.3. The monoisotopic (exact) mass is 2100 g/mol. The molecule has 20 rings (SSSR count). The van der Waals surface area contributed by atoms with Crippen molar-refractivity contribution in [1.82, 2.24) is 67.3 Å². The predicted octanol–water partition coefficient (Wildman–Crippen LogP) is 24.8. The normalized spacial score (nSPS) is 15.0. The highest BCUT2D eigenvalue weighted by molar-refractivity contribution is 6.37. The number of halogens is 6. The Balaban J connectivity index is 0.000000145. The fourth-order valence-electron chi connectivity index (χ4n) is 22.6. The summed E-state index contributed by atoms with van der Waals surface area (Å²) in [6, 6.07) is 30.1. The van der Waals surface area contributed by atoms with E-state index in [1.54, 1.807) is 56.8 Å². The van der Waals surface area contributed by atoms with Gasteiger partial charge >= 0.3 is 17.9 Å². The number of aryl methyl sites for hydroxylation is 20. The fourth-order valence-corrected chi connectivity index (χ4v) is 23.7. The summed E-state index contributed by atoms with van der Waals surface area (Å²) in [5, 5.41) is 55.4. The first-order chi connectivity index (χ1) is 70.2. The van der Waals surface area contributed by atoms with Gasteiger partial charge in [0.25, 0.3) is 17.7 Å².